The summed E-state index contributed by atoms with van der Waals surface area (Å²) in [5.74, 6) is 0.921. The van der Waals surface area contributed by atoms with Crippen molar-refractivity contribution in [2.24, 2.45) is 5.10 Å². The maximum Gasteiger partial charge on any atom is 0.146 e. The number of aromatic hydroxyl groups is 1. The van der Waals surface area contributed by atoms with E-state index in [-0.39, 0.29) is 5.75 Å². The molecule has 0 fully saturated rings. The summed E-state index contributed by atoms with van der Waals surface area (Å²) in [4.78, 5) is 4.48. The summed E-state index contributed by atoms with van der Waals surface area (Å²) in [6.45, 7) is 0. The average molecular weight is 468 g/mol. The van der Waals surface area contributed by atoms with Gasteiger partial charge in [0.05, 0.1) is 19.8 Å². The summed E-state index contributed by atoms with van der Waals surface area (Å²) in [7, 11) is 0. The van der Waals surface area contributed by atoms with Crippen molar-refractivity contribution < 1.29 is 5.11 Å². The molecule has 2 aromatic carbocycles. The Balaban J connectivity index is 1.78. The molecule has 0 radical (unpaired) electrons. The van der Waals surface area contributed by atoms with Gasteiger partial charge in [-0.2, -0.15) is 5.10 Å². The Bertz CT molecular complexity index is 844. The predicted molar refractivity (Wildman–Crippen MR) is 101 cm³/mol. The van der Waals surface area contributed by atoms with Crippen LogP contribution < -0.4 is 5.43 Å². The number of fused-ring (bicyclic) bond motifs is 1. The number of hydrogen-bond donors (Lipinski definition) is 2. The number of nitrogens with one attached hydrogen (secondary N) is 1. The monoisotopic (exact) mass is 467 g/mol. The second-order valence-corrected chi connectivity index (χ2v) is 6.61. The molecule has 6 heteroatoms. The largest absolute Gasteiger partial charge is 0.506 e. The van der Waals surface area contributed by atoms with Crippen LogP contribution in [0.25, 0.3) is 10.9 Å². The number of phenols is 1. The fraction of sp³-hybridized carbons (Fsp3) is 0. The van der Waals surface area contributed by atoms with E-state index < -0.39 is 0 Å². The van der Waals surface area contributed by atoms with Gasteiger partial charge in [0, 0.05) is 5.39 Å². The summed E-state index contributed by atoms with van der Waals surface area (Å²) in [5.41, 5.74) is 4.72. The molecule has 0 bridgehead atoms. The van der Waals surface area contributed by atoms with Crippen molar-refractivity contribution in [3.05, 3.63) is 62.1 Å². The van der Waals surface area contributed by atoms with E-state index in [2.05, 4.69) is 54.0 Å². The first-order valence-corrected chi connectivity index (χ1v) is 8.33. The van der Waals surface area contributed by atoms with Crippen molar-refractivity contribution in [3.63, 3.8) is 0 Å². The fourth-order valence-electron chi connectivity index (χ4n) is 1.96. The van der Waals surface area contributed by atoms with Gasteiger partial charge in [0.15, 0.2) is 0 Å². The van der Waals surface area contributed by atoms with Gasteiger partial charge < -0.3 is 5.11 Å². The number of halogens is 2. The molecule has 3 rings (SSSR count). The number of benzene rings is 2. The van der Waals surface area contributed by atoms with E-state index in [9.17, 15) is 5.11 Å². The van der Waals surface area contributed by atoms with Gasteiger partial charge in [-0.3, -0.25) is 5.43 Å². The Kier molecular flexibility index (Phi) is 4.58. The zero-order chi connectivity index (χ0) is 15.5. The van der Waals surface area contributed by atoms with E-state index in [4.69, 9.17) is 0 Å². The zero-order valence-corrected chi connectivity index (χ0v) is 15.0. The van der Waals surface area contributed by atoms with E-state index >= 15 is 0 Å². The van der Waals surface area contributed by atoms with Crippen molar-refractivity contribution in [3.8, 4) is 5.75 Å². The summed E-state index contributed by atoms with van der Waals surface area (Å²) in [5, 5.41) is 15.0. The molecule has 0 atom stereocenters. The summed E-state index contributed by atoms with van der Waals surface area (Å²) < 4.78 is 1.40. The van der Waals surface area contributed by atoms with Crippen LogP contribution in [0.2, 0.25) is 0 Å². The lowest BCUT2D eigenvalue weighted by atomic mass is 10.2. The molecule has 4 nitrogen and oxygen atoms in total. The van der Waals surface area contributed by atoms with Crippen molar-refractivity contribution in [1.29, 1.82) is 0 Å². The molecule has 0 aliphatic rings. The number of nitrogens with zero attached hydrogens (tertiary/aromatic N) is 2. The molecule has 22 heavy (non-hydrogen) atoms. The lowest BCUT2D eigenvalue weighted by Crippen LogP contribution is -1.94. The highest BCUT2D eigenvalue weighted by molar-refractivity contribution is 14.1. The van der Waals surface area contributed by atoms with Gasteiger partial charge in [0.1, 0.15) is 11.6 Å². The van der Waals surface area contributed by atoms with E-state index in [1.165, 1.54) is 0 Å². The highest BCUT2D eigenvalue weighted by Gasteiger charge is 2.04. The van der Waals surface area contributed by atoms with Crippen LogP contribution in [-0.2, 0) is 0 Å². The van der Waals surface area contributed by atoms with Gasteiger partial charge in [0.2, 0.25) is 0 Å². The molecule has 0 spiro atoms. The second kappa shape index (κ2) is 6.62. The van der Waals surface area contributed by atoms with Gasteiger partial charge in [-0.1, -0.05) is 18.2 Å². The van der Waals surface area contributed by atoms with Crippen LogP contribution in [0.3, 0.4) is 0 Å². The first-order valence-electron chi connectivity index (χ1n) is 6.46. The van der Waals surface area contributed by atoms with Crippen LogP contribution in [0, 0.1) is 3.57 Å². The number of rotatable bonds is 3. The molecular formula is C16H11BrIN3O. The molecule has 2 N–H and O–H groups in total. The number of hydrazone groups is 1. The number of aromatic nitrogens is 1. The number of pyridine rings is 1. The lowest BCUT2D eigenvalue weighted by molar-refractivity contribution is 0.468. The highest BCUT2D eigenvalue weighted by atomic mass is 127. The molecule has 0 aliphatic carbocycles. The predicted octanol–water partition coefficient (Wildman–Crippen LogP) is 4.75. The van der Waals surface area contributed by atoms with Crippen LogP contribution in [0.1, 0.15) is 5.56 Å². The Morgan fingerprint density at radius 2 is 2.00 bits per heavy atom. The van der Waals surface area contributed by atoms with Crippen molar-refractivity contribution in [2.45, 2.75) is 0 Å². The third-order valence-electron chi connectivity index (χ3n) is 3.03. The third-order valence-corrected chi connectivity index (χ3v) is 4.46. The quantitative estimate of drug-likeness (QED) is 0.332. The van der Waals surface area contributed by atoms with Crippen LogP contribution >= 0.6 is 38.5 Å². The van der Waals surface area contributed by atoms with Crippen molar-refractivity contribution >= 4 is 61.5 Å². The molecule has 3 aromatic rings. The van der Waals surface area contributed by atoms with E-state index in [1.807, 2.05) is 42.5 Å². The minimum absolute atomic E-state index is 0.238. The molecule has 1 heterocycles. The molecular weight excluding hydrogens is 457 g/mol. The van der Waals surface area contributed by atoms with Gasteiger partial charge in [-0.15, -0.1) is 0 Å². The second-order valence-electron chi connectivity index (χ2n) is 4.59. The van der Waals surface area contributed by atoms with Crippen LogP contribution in [-0.4, -0.2) is 16.3 Å². The number of anilines is 1. The maximum absolute atomic E-state index is 9.71. The average Bonchev–Trinajstić information content (AvgIpc) is 2.52. The molecule has 0 saturated carbocycles. The highest BCUT2D eigenvalue weighted by Crippen LogP contribution is 2.29. The minimum atomic E-state index is 0.238. The minimum Gasteiger partial charge on any atom is -0.506 e. The number of phenolic OH excluding ortho intramolecular Hbond substituents is 1. The molecule has 0 amide bonds. The number of hydrogen-bond acceptors (Lipinski definition) is 4. The fourth-order valence-corrected chi connectivity index (χ4v) is 3.46. The standard InChI is InChI=1S/C16H11BrIN3O/c17-12-7-10(8-13(18)16(12)22)9-19-21-15-6-5-11-3-1-2-4-14(11)20-15/h1-9,22H,(H,20,21)/b19-9-. The van der Waals surface area contributed by atoms with Crippen LogP contribution in [0.5, 0.6) is 5.75 Å². The van der Waals surface area contributed by atoms with E-state index in [1.54, 1.807) is 12.3 Å². The Labute approximate surface area is 149 Å². The molecule has 0 saturated heterocycles. The maximum atomic E-state index is 9.71. The first-order chi connectivity index (χ1) is 10.6. The molecule has 1 aromatic heterocycles. The van der Waals surface area contributed by atoms with Crippen LogP contribution in [0.15, 0.2) is 58.1 Å². The Hall–Kier alpha value is -1.67. The van der Waals surface area contributed by atoms with Crippen LogP contribution in [0.4, 0.5) is 5.82 Å². The Morgan fingerprint density at radius 1 is 1.18 bits per heavy atom. The first kappa shape index (κ1) is 15.2. The van der Waals surface area contributed by atoms with E-state index in [0.29, 0.717) is 10.3 Å². The molecule has 0 unspecified atom stereocenters. The van der Waals surface area contributed by atoms with Crippen molar-refractivity contribution in [1.82, 2.24) is 4.98 Å². The topological polar surface area (TPSA) is 57.5 Å². The zero-order valence-electron chi connectivity index (χ0n) is 11.3. The summed E-state index contributed by atoms with van der Waals surface area (Å²) in [6, 6.07) is 15.5. The SMILES string of the molecule is Oc1c(Br)cc(/C=N\Nc2ccc3ccccc3n2)cc1I. The van der Waals surface area contributed by atoms with Gasteiger partial charge in [-0.25, -0.2) is 4.98 Å². The lowest BCUT2D eigenvalue weighted by Gasteiger charge is -2.03. The van der Waals surface area contributed by atoms with E-state index in [0.717, 1.165) is 20.0 Å². The summed E-state index contributed by atoms with van der Waals surface area (Å²) >= 11 is 5.39. The van der Waals surface area contributed by atoms with Gasteiger partial charge >= 0.3 is 0 Å². The normalized spacial score (nSPS) is 11.2. The van der Waals surface area contributed by atoms with Gasteiger partial charge in [-0.05, 0) is 74.4 Å². The molecule has 0 aliphatic heterocycles. The van der Waals surface area contributed by atoms with Gasteiger partial charge in [0.25, 0.3) is 0 Å². The van der Waals surface area contributed by atoms with Crippen molar-refractivity contribution in [2.75, 3.05) is 5.43 Å². The molecule has 110 valence electrons. The number of para-hydroxylation sites is 1. The smallest absolute Gasteiger partial charge is 0.146 e. The third kappa shape index (κ3) is 3.38. The Morgan fingerprint density at radius 3 is 2.82 bits per heavy atom. The summed E-state index contributed by atoms with van der Waals surface area (Å²) in [6.07, 6.45) is 1.68.